The van der Waals surface area contributed by atoms with E-state index in [1.165, 1.54) is 12.1 Å². The van der Waals surface area contributed by atoms with Crippen LogP contribution in [-0.4, -0.2) is 20.7 Å². The number of aryl methyl sites for hydroxylation is 1. The Bertz CT molecular complexity index is 894. The molecule has 2 aromatic carbocycles. The molecule has 1 heterocycles. The third kappa shape index (κ3) is 3.28. The van der Waals surface area contributed by atoms with E-state index in [9.17, 15) is 9.18 Å². The van der Waals surface area contributed by atoms with Crippen LogP contribution in [0.2, 0.25) is 5.02 Å². The zero-order valence-electron chi connectivity index (χ0n) is 12.8. The summed E-state index contributed by atoms with van der Waals surface area (Å²) in [6.07, 6.45) is 1.64. The molecule has 0 unspecified atom stereocenters. The first-order valence-electron chi connectivity index (χ1n) is 7.33. The van der Waals surface area contributed by atoms with E-state index in [-0.39, 0.29) is 5.56 Å². The topological polar surface area (TPSA) is 59.8 Å². The Hall–Kier alpha value is -2.73. The molecule has 0 saturated carbocycles. The molecule has 0 spiro atoms. The zero-order chi connectivity index (χ0) is 17.1. The monoisotopic (exact) mass is 344 g/mol. The molecule has 1 N–H and O–H groups in total. The minimum absolute atomic E-state index is 0.107. The zero-order valence-corrected chi connectivity index (χ0v) is 13.6. The van der Waals surface area contributed by atoms with Gasteiger partial charge in [0.1, 0.15) is 12.1 Å². The van der Waals surface area contributed by atoms with Gasteiger partial charge in [0.2, 0.25) is 0 Å². The molecule has 122 valence electrons. The van der Waals surface area contributed by atoms with E-state index in [2.05, 4.69) is 15.5 Å². The van der Waals surface area contributed by atoms with Gasteiger partial charge < -0.3 is 9.88 Å². The molecule has 0 aliphatic heterocycles. The van der Waals surface area contributed by atoms with Crippen LogP contribution in [0.25, 0.3) is 11.4 Å². The fraction of sp³-hybridized carbons (Fsp3) is 0.118. The van der Waals surface area contributed by atoms with E-state index in [1.54, 1.807) is 24.5 Å². The lowest BCUT2D eigenvalue weighted by Crippen LogP contribution is -2.13. The molecule has 0 saturated heterocycles. The third-order valence-electron chi connectivity index (χ3n) is 3.51. The van der Waals surface area contributed by atoms with Gasteiger partial charge in [-0.15, -0.1) is 10.2 Å². The van der Waals surface area contributed by atoms with Gasteiger partial charge in [-0.25, -0.2) is 4.39 Å². The Morgan fingerprint density at radius 3 is 2.92 bits per heavy atom. The average molecular weight is 345 g/mol. The summed E-state index contributed by atoms with van der Waals surface area (Å²) in [4.78, 5) is 12.3. The summed E-state index contributed by atoms with van der Waals surface area (Å²) in [5.41, 5.74) is 1.23. The van der Waals surface area contributed by atoms with Gasteiger partial charge in [0.05, 0.1) is 5.56 Å². The van der Waals surface area contributed by atoms with Crippen molar-refractivity contribution in [1.29, 1.82) is 0 Å². The number of carbonyl (C=O) groups excluding carboxylic acids is 1. The summed E-state index contributed by atoms with van der Waals surface area (Å²) < 4.78 is 15.7. The highest BCUT2D eigenvalue weighted by atomic mass is 35.5. The van der Waals surface area contributed by atoms with Crippen molar-refractivity contribution in [2.75, 3.05) is 5.32 Å². The van der Waals surface area contributed by atoms with Crippen molar-refractivity contribution in [2.24, 2.45) is 0 Å². The Kier molecular flexibility index (Phi) is 4.57. The SMILES string of the molecule is CCn1cnnc1-c1cccc(NC(=O)c2cc(Cl)ccc2F)c1. The smallest absolute Gasteiger partial charge is 0.258 e. The molecule has 0 atom stereocenters. The van der Waals surface area contributed by atoms with E-state index >= 15 is 0 Å². The van der Waals surface area contributed by atoms with Crippen molar-refractivity contribution < 1.29 is 9.18 Å². The summed E-state index contributed by atoms with van der Waals surface area (Å²) in [6, 6.07) is 11.0. The van der Waals surface area contributed by atoms with Gasteiger partial charge in [0.25, 0.3) is 5.91 Å². The number of hydrogen-bond donors (Lipinski definition) is 1. The largest absolute Gasteiger partial charge is 0.322 e. The molecular weight excluding hydrogens is 331 g/mol. The molecular formula is C17H14ClFN4O. The van der Waals surface area contributed by atoms with Crippen molar-refractivity contribution in [2.45, 2.75) is 13.5 Å². The first kappa shape index (κ1) is 16.1. The average Bonchev–Trinajstić information content (AvgIpc) is 3.06. The van der Waals surface area contributed by atoms with Gasteiger partial charge in [-0.2, -0.15) is 0 Å². The van der Waals surface area contributed by atoms with Crippen LogP contribution in [0.15, 0.2) is 48.8 Å². The van der Waals surface area contributed by atoms with Crippen LogP contribution < -0.4 is 5.32 Å². The molecule has 1 amide bonds. The molecule has 0 aliphatic carbocycles. The highest BCUT2D eigenvalue weighted by Gasteiger charge is 2.13. The predicted molar refractivity (Wildman–Crippen MR) is 90.5 cm³/mol. The molecule has 7 heteroatoms. The number of amides is 1. The first-order valence-corrected chi connectivity index (χ1v) is 7.71. The molecule has 5 nitrogen and oxygen atoms in total. The Labute approximate surface area is 143 Å². The van der Waals surface area contributed by atoms with Gasteiger partial charge in [0, 0.05) is 22.8 Å². The highest BCUT2D eigenvalue weighted by molar-refractivity contribution is 6.31. The molecule has 1 aromatic heterocycles. The van der Waals surface area contributed by atoms with Gasteiger partial charge >= 0.3 is 0 Å². The number of aromatic nitrogens is 3. The van der Waals surface area contributed by atoms with E-state index in [4.69, 9.17) is 11.6 Å². The van der Waals surface area contributed by atoms with E-state index in [1.807, 2.05) is 17.6 Å². The molecule has 0 bridgehead atoms. The van der Waals surface area contributed by atoms with Crippen LogP contribution in [0.5, 0.6) is 0 Å². The maximum Gasteiger partial charge on any atom is 0.258 e. The first-order chi connectivity index (χ1) is 11.6. The summed E-state index contributed by atoms with van der Waals surface area (Å²) in [7, 11) is 0. The van der Waals surface area contributed by atoms with Gasteiger partial charge in [-0.1, -0.05) is 23.7 Å². The summed E-state index contributed by atoms with van der Waals surface area (Å²) in [5.74, 6) is -0.495. The number of hydrogen-bond acceptors (Lipinski definition) is 3. The fourth-order valence-corrected chi connectivity index (χ4v) is 2.49. The van der Waals surface area contributed by atoms with Crippen LogP contribution in [-0.2, 0) is 6.54 Å². The molecule has 0 fully saturated rings. The number of anilines is 1. The van der Waals surface area contributed by atoms with Crippen molar-refractivity contribution in [3.63, 3.8) is 0 Å². The maximum absolute atomic E-state index is 13.8. The lowest BCUT2D eigenvalue weighted by Gasteiger charge is -2.09. The predicted octanol–water partition coefficient (Wildman–Crippen LogP) is 4.01. The van der Waals surface area contributed by atoms with E-state index < -0.39 is 11.7 Å². The number of nitrogens with one attached hydrogen (secondary N) is 1. The second-order valence-electron chi connectivity index (χ2n) is 5.10. The van der Waals surface area contributed by atoms with Crippen molar-refractivity contribution in [3.05, 3.63) is 65.2 Å². The standard InChI is InChI=1S/C17H14ClFN4O/c1-2-23-10-20-22-16(23)11-4-3-5-13(8-11)21-17(24)14-9-12(18)6-7-15(14)19/h3-10H,2H2,1H3,(H,21,24). The number of carbonyl (C=O) groups is 1. The molecule has 3 rings (SSSR count). The molecule has 0 aliphatic rings. The van der Waals surface area contributed by atoms with E-state index in [0.717, 1.165) is 18.2 Å². The summed E-state index contributed by atoms with van der Waals surface area (Å²) in [5, 5.41) is 10.9. The minimum Gasteiger partial charge on any atom is -0.322 e. The summed E-state index contributed by atoms with van der Waals surface area (Å²) in [6.45, 7) is 2.72. The summed E-state index contributed by atoms with van der Waals surface area (Å²) >= 11 is 5.83. The Balaban J connectivity index is 1.87. The van der Waals surface area contributed by atoms with Crippen LogP contribution in [0.4, 0.5) is 10.1 Å². The van der Waals surface area contributed by atoms with Crippen LogP contribution >= 0.6 is 11.6 Å². The second-order valence-corrected chi connectivity index (χ2v) is 5.54. The van der Waals surface area contributed by atoms with Gasteiger partial charge in [-0.3, -0.25) is 4.79 Å². The number of benzene rings is 2. The second kappa shape index (κ2) is 6.80. The number of halogens is 2. The van der Waals surface area contributed by atoms with E-state index in [0.29, 0.717) is 16.5 Å². The maximum atomic E-state index is 13.8. The lowest BCUT2D eigenvalue weighted by molar-refractivity contribution is 0.102. The van der Waals surface area contributed by atoms with Crippen molar-refractivity contribution >= 4 is 23.2 Å². The molecule has 0 radical (unpaired) electrons. The Morgan fingerprint density at radius 1 is 1.29 bits per heavy atom. The molecule has 3 aromatic rings. The van der Waals surface area contributed by atoms with Crippen LogP contribution in [0, 0.1) is 5.82 Å². The quantitative estimate of drug-likeness (QED) is 0.778. The third-order valence-corrected chi connectivity index (χ3v) is 3.74. The Morgan fingerprint density at radius 2 is 2.12 bits per heavy atom. The van der Waals surface area contributed by atoms with Crippen LogP contribution in [0.1, 0.15) is 17.3 Å². The fourth-order valence-electron chi connectivity index (χ4n) is 2.32. The van der Waals surface area contributed by atoms with Gasteiger partial charge in [-0.05, 0) is 37.3 Å². The number of rotatable bonds is 4. The molecule has 24 heavy (non-hydrogen) atoms. The highest BCUT2D eigenvalue weighted by Crippen LogP contribution is 2.22. The normalized spacial score (nSPS) is 10.6. The van der Waals surface area contributed by atoms with Crippen molar-refractivity contribution in [1.82, 2.24) is 14.8 Å². The van der Waals surface area contributed by atoms with Gasteiger partial charge in [0.15, 0.2) is 5.82 Å². The van der Waals surface area contributed by atoms with Crippen LogP contribution in [0.3, 0.4) is 0 Å². The number of nitrogens with zero attached hydrogens (tertiary/aromatic N) is 3. The van der Waals surface area contributed by atoms with Crippen molar-refractivity contribution in [3.8, 4) is 11.4 Å². The lowest BCUT2D eigenvalue weighted by atomic mass is 10.1. The minimum atomic E-state index is -0.626.